The van der Waals surface area contributed by atoms with Crippen LogP contribution in [0.1, 0.15) is 53.4 Å². The van der Waals surface area contributed by atoms with Crippen molar-refractivity contribution in [2.75, 3.05) is 13.1 Å². The van der Waals surface area contributed by atoms with Crippen molar-refractivity contribution in [3.8, 4) is 0 Å². The molecule has 2 N–H and O–H groups in total. The Morgan fingerprint density at radius 3 is 2.50 bits per heavy atom. The zero-order valence-electron chi connectivity index (χ0n) is 12.2. The second kappa shape index (κ2) is 6.41. The lowest BCUT2D eigenvalue weighted by Crippen LogP contribution is -2.37. The summed E-state index contributed by atoms with van der Waals surface area (Å²) in [5.41, 5.74) is 5.75. The van der Waals surface area contributed by atoms with Gasteiger partial charge in [-0.2, -0.15) is 0 Å². The molecule has 2 unspecified atom stereocenters. The van der Waals surface area contributed by atoms with Gasteiger partial charge in [-0.1, -0.05) is 13.3 Å². The Bertz CT molecular complexity index is 273. The van der Waals surface area contributed by atoms with Crippen LogP contribution in [0.4, 0.5) is 4.79 Å². The molecule has 0 aromatic carbocycles. The Morgan fingerprint density at radius 1 is 1.33 bits per heavy atom. The molecule has 1 aliphatic rings. The average molecular weight is 256 g/mol. The van der Waals surface area contributed by atoms with E-state index in [1.54, 1.807) is 4.90 Å². The van der Waals surface area contributed by atoms with Crippen LogP contribution >= 0.6 is 0 Å². The summed E-state index contributed by atoms with van der Waals surface area (Å²) in [6, 6.07) is 0.220. The van der Waals surface area contributed by atoms with Crippen molar-refractivity contribution in [2.45, 2.75) is 65.0 Å². The molecule has 0 aromatic rings. The normalized spacial score (nSPS) is 25.7. The number of hydrogen-bond donors (Lipinski definition) is 1. The Balaban J connectivity index is 2.53. The van der Waals surface area contributed by atoms with E-state index in [-0.39, 0.29) is 12.1 Å². The van der Waals surface area contributed by atoms with Crippen molar-refractivity contribution < 1.29 is 9.53 Å². The summed E-state index contributed by atoms with van der Waals surface area (Å²) < 4.78 is 5.41. The van der Waals surface area contributed by atoms with Gasteiger partial charge in [0.25, 0.3) is 0 Å². The van der Waals surface area contributed by atoms with Crippen molar-refractivity contribution in [3.63, 3.8) is 0 Å². The monoisotopic (exact) mass is 256 g/mol. The molecular weight excluding hydrogens is 228 g/mol. The van der Waals surface area contributed by atoms with E-state index in [0.717, 1.165) is 38.8 Å². The topological polar surface area (TPSA) is 55.6 Å². The third kappa shape index (κ3) is 4.84. The number of nitrogens with two attached hydrogens (primary N) is 1. The molecule has 1 aliphatic heterocycles. The van der Waals surface area contributed by atoms with Crippen LogP contribution in [0.5, 0.6) is 0 Å². The molecule has 18 heavy (non-hydrogen) atoms. The molecule has 0 spiro atoms. The van der Waals surface area contributed by atoms with Crippen LogP contribution in [-0.2, 0) is 4.74 Å². The second-order valence-corrected chi connectivity index (χ2v) is 6.26. The molecule has 1 fully saturated rings. The molecule has 0 saturated carbocycles. The van der Waals surface area contributed by atoms with Crippen molar-refractivity contribution in [3.05, 3.63) is 0 Å². The molecular formula is C14H28N2O2. The van der Waals surface area contributed by atoms with Crippen LogP contribution in [0.2, 0.25) is 0 Å². The van der Waals surface area contributed by atoms with Gasteiger partial charge in [-0.05, 0) is 46.0 Å². The molecule has 1 amide bonds. The predicted molar refractivity (Wildman–Crippen MR) is 73.4 cm³/mol. The molecule has 0 radical (unpaired) electrons. The Hall–Kier alpha value is -0.770. The fourth-order valence-corrected chi connectivity index (χ4v) is 2.43. The number of amides is 1. The van der Waals surface area contributed by atoms with Crippen molar-refractivity contribution in [1.29, 1.82) is 0 Å². The van der Waals surface area contributed by atoms with Crippen LogP contribution in [0, 0.1) is 5.92 Å². The van der Waals surface area contributed by atoms with Gasteiger partial charge in [-0.15, -0.1) is 0 Å². The number of hydrogen-bond acceptors (Lipinski definition) is 3. The highest BCUT2D eigenvalue weighted by molar-refractivity contribution is 5.68. The lowest BCUT2D eigenvalue weighted by molar-refractivity contribution is 0.0255. The number of carbonyl (C=O) groups is 1. The summed E-state index contributed by atoms with van der Waals surface area (Å²) in [6.45, 7) is 9.36. The summed E-state index contributed by atoms with van der Waals surface area (Å²) in [5, 5.41) is 0. The van der Waals surface area contributed by atoms with Crippen molar-refractivity contribution in [2.24, 2.45) is 11.7 Å². The SMILES string of the molecule is CCCC1CCN(C(=O)OC(C)(C)C)CCC1N. The summed E-state index contributed by atoms with van der Waals surface area (Å²) in [5.74, 6) is 0.544. The first-order valence-electron chi connectivity index (χ1n) is 7.07. The number of ether oxygens (including phenoxy) is 1. The maximum absolute atomic E-state index is 12.0. The molecule has 0 bridgehead atoms. The number of carbonyl (C=O) groups excluding carboxylic acids is 1. The molecule has 0 aromatic heterocycles. The highest BCUT2D eigenvalue weighted by atomic mass is 16.6. The van der Waals surface area contributed by atoms with Gasteiger partial charge in [0.2, 0.25) is 0 Å². The fraction of sp³-hybridized carbons (Fsp3) is 0.929. The summed E-state index contributed by atoms with van der Waals surface area (Å²) in [7, 11) is 0. The van der Waals surface area contributed by atoms with E-state index in [2.05, 4.69) is 6.92 Å². The van der Waals surface area contributed by atoms with Gasteiger partial charge in [0.05, 0.1) is 0 Å². The summed E-state index contributed by atoms with van der Waals surface area (Å²) in [6.07, 6.45) is 3.98. The molecule has 106 valence electrons. The predicted octanol–water partition coefficient (Wildman–Crippen LogP) is 2.76. The van der Waals surface area contributed by atoms with Gasteiger partial charge in [-0.25, -0.2) is 4.79 Å². The Morgan fingerprint density at radius 2 is 1.94 bits per heavy atom. The minimum absolute atomic E-state index is 0.202. The smallest absolute Gasteiger partial charge is 0.410 e. The van der Waals surface area contributed by atoms with Gasteiger partial charge >= 0.3 is 6.09 Å². The van der Waals surface area contributed by atoms with Crippen molar-refractivity contribution in [1.82, 2.24) is 4.90 Å². The largest absolute Gasteiger partial charge is 0.444 e. The van der Waals surface area contributed by atoms with E-state index in [0.29, 0.717) is 5.92 Å². The van der Waals surface area contributed by atoms with E-state index in [1.807, 2.05) is 20.8 Å². The first-order valence-corrected chi connectivity index (χ1v) is 7.07. The van der Waals surface area contributed by atoms with Crippen LogP contribution in [-0.4, -0.2) is 35.7 Å². The average Bonchev–Trinajstić information content (AvgIpc) is 2.40. The third-order valence-corrected chi connectivity index (χ3v) is 3.42. The van der Waals surface area contributed by atoms with Gasteiger partial charge in [0.1, 0.15) is 5.60 Å². The van der Waals surface area contributed by atoms with E-state index in [4.69, 9.17) is 10.5 Å². The Kier molecular flexibility index (Phi) is 5.45. The van der Waals surface area contributed by atoms with Crippen LogP contribution in [0.3, 0.4) is 0 Å². The Labute approximate surface area is 111 Å². The zero-order valence-corrected chi connectivity index (χ0v) is 12.2. The van der Waals surface area contributed by atoms with E-state index in [1.165, 1.54) is 0 Å². The van der Waals surface area contributed by atoms with Crippen LogP contribution in [0.15, 0.2) is 0 Å². The highest BCUT2D eigenvalue weighted by Crippen LogP contribution is 2.22. The lowest BCUT2D eigenvalue weighted by Gasteiger charge is -2.26. The lowest BCUT2D eigenvalue weighted by atomic mass is 9.91. The number of nitrogens with zero attached hydrogens (tertiary/aromatic N) is 1. The maximum Gasteiger partial charge on any atom is 0.410 e. The minimum atomic E-state index is -0.422. The maximum atomic E-state index is 12.0. The first-order chi connectivity index (χ1) is 8.33. The first kappa shape index (κ1) is 15.3. The zero-order chi connectivity index (χ0) is 13.8. The third-order valence-electron chi connectivity index (χ3n) is 3.42. The molecule has 1 rings (SSSR count). The van der Waals surface area contributed by atoms with Crippen LogP contribution in [0.25, 0.3) is 0 Å². The van der Waals surface area contributed by atoms with Gasteiger partial charge in [0, 0.05) is 19.1 Å². The molecule has 4 nitrogen and oxygen atoms in total. The molecule has 1 saturated heterocycles. The minimum Gasteiger partial charge on any atom is -0.444 e. The van der Waals surface area contributed by atoms with Gasteiger partial charge in [-0.3, -0.25) is 0 Å². The standard InChI is InChI=1S/C14H28N2O2/c1-5-6-11-7-9-16(10-8-12(11)15)13(17)18-14(2,3)4/h11-12H,5-10,15H2,1-4H3. The van der Waals surface area contributed by atoms with Crippen LogP contribution < -0.4 is 5.73 Å². The molecule has 2 atom stereocenters. The number of rotatable bonds is 2. The quantitative estimate of drug-likeness (QED) is 0.826. The van der Waals surface area contributed by atoms with Crippen molar-refractivity contribution >= 4 is 6.09 Å². The number of likely N-dealkylation sites (tertiary alicyclic amines) is 1. The molecule has 1 heterocycles. The second-order valence-electron chi connectivity index (χ2n) is 6.26. The van der Waals surface area contributed by atoms with E-state index >= 15 is 0 Å². The highest BCUT2D eigenvalue weighted by Gasteiger charge is 2.28. The van der Waals surface area contributed by atoms with E-state index in [9.17, 15) is 4.79 Å². The molecule has 4 heteroatoms. The van der Waals surface area contributed by atoms with Gasteiger partial charge in [0.15, 0.2) is 0 Å². The summed E-state index contributed by atoms with van der Waals surface area (Å²) in [4.78, 5) is 13.8. The molecule has 0 aliphatic carbocycles. The fourth-order valence-electron chi connectivity index (χ4n) is 2.43. The van der Waals surface area contributed by atoms with E-state index < -0.39 is 5.60 Å². The summed E-state index contributed by atoms with van der Waals surface area (Å²) >= 11 is 0. The van der Waals surface area contributed by atoms with Gasteiger partial charge < -0.3 is 15.4 Å².